The Hall–Kier alpha value is -1.96. The number of ether oxygens (including phenoxy) is 2. The fourth-order valence-corrected chi connectivity index (χ4v) is 4.27. The Labute approximate surface area is 156 Å². The summed E-state index contributed by atoms with van der Waals surface area (Å²) in [6, 6.07) is 4.60. The van der Waals surface area contributed by atoms with Crippen LogP contribution in [0.5, 0.6) is 11.5 Å². The van der Waals surface area contributed by atoms with E-state index in [1.165, 1.54) is 19.2 Å². The van der Waals surface area contributed by atoms with E-state index < -0.39 is 12.8 Å². The molecule has 3 N–H and O–H groups in total. The molecule has 2 saturated carbocycles. The van der Waals surface area contributed by atoms with E-state index >= 15 is 0 Å². The monoisotopic (exact) mass is 386 g/mol. The Bertz CT molecular complexity index is 667. The van der Waals surface area contributed by atoms with Crippen LogP contribution in [-0.2, 0) is 4.79 Å². The minimum absolute atomic E-state index is 0.0600. The van der Waals surface area contributed by atoms with E-state index in [-0.39, 0.29) is 29.4 Å². The van der Waals surface area contributed by atoms with Gasteiger partial charge in [-0.1, -0.05) is 6.42 Å². The molecule has 27 heavy (non-hydrogen) atoms. The Morgan fingerprint density at radius 1 is 1.22 bits per heavy atom. The maximum absolute atomic E-state index is 12.7. The third-order valence-electron chi connectivity index (χ3n) is 5.61. The van der Waals surface area contributed by atoms with Gasteiger partial charge < -0.3 is 20.5 Å². The number of amides is 1. The summed E-state index contributed by atoms with van der Waals surface area (Å²) in [6.45, 7) is -1.43. The predicted molar refractivity (Wildman–Crippen MR) is 94.7 cm³/mol. The van der Waals surface area contributed by atoms with Gasteiger partial charge in [-0.3, -0.25) is 4.79 Å². The van der Waals surface area contributed by atoms with Gasteiger partial charge in [0, 0.05) is 23.7 Å². The lowest BCUT2D eigenvalue weighted by Gasteiger charge is -2.43. The average molecular weight is 386 g/mol. The van der Waals surface area contributed by atoms with Gasteiger partial charge in [-0.2, -0.15) is 13.2 Å². The second-order valence-electron chi connectivity index (χ2n) is 7.46. The number of benzene rings is 1. The molecule has 5 nitrogen and oxygen atoms in total. The second-order valence-corrected chi connectivity index (χ2v) is 7.46. The lowest BCUT2D eigenvalue weighted by Crippen LogP contribution is -2.48. The molecule has 0 aromatic heterocycles. The molecule has 0 aliphatic heterocycles. The van der Waals surface area contributed by atoms with Crippen molar-refractivity contribution in [2.45, 2.75) is 44.3 Å². The number of carbonyl (C=O) groups is 1. The summed E-state index contributed by atoms with van der Waals surface area (Å²) in [5.74, 6) is 0.614. The SMILES string of the molecule is COc1ccc(NC(=O)C2CC3CCCC(C2)C3N)cc1OCC(F)(F)F. The van der Waals surface area contributed by atoms with E-state index in [9.17, 15) is 18.0 Å². The zero-order valence-corrected chi connectivity index (χ0v) is 15.2. The fraction of sp³-hybridized carbons (Fsp3) is 0.632. The summed E-state index contributed by atoms with van der Waals surface area (Å²) >= 11 is 0. The molecule has 8 heteroatoms. The smallest absolute Gasteiger partial charge is 0.422 e. The van der Waals surface area contributed by atoms with Crippen molar-refractivity contribution in [3.63, 3.8) is 0 Å². The minimum Gasteiger partial charge on any atom is -0.493 e. The first-order valence-electron chi connectivity index (χ1n) is 9.21. The van der Waals surface area contributed by atoms with Gasteiger partial charge >= 0.3 is 6.18 Å². The lowest BCUT2D eigenvalue weighted by atomic mass is 9.65. The van der Waals surface area contributed by atoms with Crippen molar-refractivity contribution in [2.24, 2.45) is 23.5 Å². The van der Waals surface area contributed by atoms with Crippen LogP contribution in [0.15, 0.2) is 18.2 Å². The van der Waals surface area contributed by atoms with Gasteiger partial charge in [-0.15, -0.1) is 0 Å². The van der Waals surface area contributed by atoms with Crippen LogP contribution in [0.2, 0.25) is 0 Å². The van der Waals surface area contributed by atoms with Crippen LogP contribution >= 0.6 is 0 Å². The number of carbonyl (C=O) groups excluding carboxylic acids is 1. The van der Waals surface area contributed by atoms with Crippen molar-refractivity contribution in [3.05, 3.63) is 18.2 Å². The lowest BCUT2D eigenvalue weighted by molar-refractivity contribution is -0.153. The molecule has 1 aromatic carbocycles. The van der Waals surface area contributed by atoms with Gasteiger partial charge in [-0.05, 0) is 49.7 Å². The van der Waals surface area contributed by atoms with E-state index in [1.54, 1.807) is 6.07 Å². The van der Waals surface area contributed by atoms with Gasteiger partial charge in [0.05, 0.1) is 7.11 Å². The number of hydrogen-bond acceptors (Lipinski definition) is 4. The number of alkyl halides is 3. The van der Waals surface area contributed by atoms with Gasteiger partial charge in [0.2, 0.25) is 5.91 Å². The molecule has 0 saturated heterocycles. The molecular formula is C19H25F3N2O3. The summed E-state index contributed by atoms with van der Waals surface area (Å²) in [6.07, 6.45) is 0.339. The first-order chi connectivity index (χ1) is 12.8. The van der Waals surface area contributed by atoms with Gasteiger partial charge in [-0.25, -0.2) is 0 Å². The fourth-order valence-electron chi connectivity index (χ4n) is 4.27. The highest BCUT2D eigenvalue weighted by atomic mass is 19.4. The number of halogens is 3. The highest BCUT2D eigenvalue weighted by molar-refractivity contribution is 5.93. The van der Waals surface area contributed by atoms with Crippen molar-refractivity contribution in [3.8, 4) is 11.5 Å². The van der Waals surface area contributed by atoms with Crippen LogP contribution in [0, 0.1) is 17.8 Å². The van der Waals surface area contributed by atoms with Gasteiger partial charge in [0.15, 0.2) is 18.1 Å². The number of anilines is 1. The van der Waals surface area contributed by atoms with Crippen LogP contribution in [0.3, 0.4) is 0 Å². The molecule has 0 radical (unpaired) electrons. The third kappa shape index (κ3) is 4.86. The molecule has 0 heterocycles. The number of fused-ring (bicyclic) bond motifs is 2. The number of nitrogens with two attached hydrogens (primary N) is 1. The molecule has 3 rings (SSSR count). The summed E-state index contributed by atoms with van der Waals surface area (Å²) in [5.41, 5.74) is 6.65. The van der Waals surface area contributed by atoms with Crippen molar-refractivity contribution in [1.29, 1.82) is 0 Å². The summed E-state index contributed by atoms with van der Waals surface area (Å²) < 4.78 is 47.1. The molecule has 2 aliphatic rings. The zero-order chi connectivity index (χ0) is 19.6. The van der Waals surface area contributed by atoms with Crippen LogP contribution in [-0.4, -0.2) is 31.8 Å². The molecule has 2 fully saturated rings. The standard InChI is InChI=1S/C19H25F3N2O3/c1-26-15-6-5-14(9-16(15)27-10-19(20,21)22)24-18(25)13-7-11-3-2-4-12(8-13)17(11)23/h5-6,9,11-13,17H,2-4,7-8,10,23H2,1H3,(H,24,25). The van der Waals surface area contributed by atoms with E-state index in [0.29, 0.717) is 17.5 Å². The van der Waals surface area contributed by atoms with Crippen molar-refractivity contribution in [2.75, 3.05) is 19.0 Å². The predicted octanol–water partition coefficient (Wildman–Crippen LogP) is 3.73. The topological polar surface area (TPSA) is 73.6 Å². The Morgan fingerprint density at radius 3 is 2.48 bits per heavy atom. The van der Waals surface area contributed by atoms with E-state index in [0.717, 1.165) is 32.1 Å². The molecule has 1 amide bonds. The first-order valence-corrected chi connectivity index (χ1v) is 9.21. The largest absolute Gasteiger partial charge is 0.493 e. The molecule has 1 aromatic rings. The highest BCUT2D eigenvalue weighted by Gasteiger charge is 2.40. The van der Waals surface area contributed by atoms with Crippen LogP contribution in [0.4, 0.5) is 18.9 Å². The average Bonchev–Trinajstić information content (AvgIpc) is 2.59. The molecule has 2 aliphatic carbocycles. The highest BCUT2D eigenvalue weighted by Crippen LogP contribution is 2.42. The Morgan fingerprint density at radius 2 is 1.89 bits per heavy atom. The van der Waals surface area contributed by atoms with E-state index in [1.807, 2.05) is 0 Å². The maximum atomic E-state index is 12.7. The number of nitrogens with one attached hydrogen (secondary N) is 1. The van der Waals surface area contributed by atoms with E-state index in [4.69, 9.17) is 15.2 Å². The minimum atomic E-state index is -4.46. The maximum Gasteiger partial charge on any atom is 0.422 e. The molecule has 0 spiro atoms. The van der Waals surface area contributed by atoms with Crippen molar-refractivity contribution in [1.82, 2.24) is 0 Å². The van der Waals surface area contributed by atoms with Gasteiger partial charge in [0.25, 0.3) is 0 Å². The number of rotatable bonds is 5. The Kier molecular flexibility index (Phi) is 5.83. The van der Waals surface area contributed by atoms with Gasteiger partial charge in [0.1, 0.15) is 0 Å². The first kappa shape index (κ1) is 19.8. The van der Waals surface area contributed by atoms with Crippen LogP contribution in [0.1, 0.15) is 32.1 Å². The summed E-state index contributed by atoms with van der Waals surface area (Å²) in [7, 11) is 1.35. The van der Waals surface area contributed by atoms with E-state index in [2.05, 4.69) is 5.32 Å². The van der Waals surface area contributed by atoms with Crippen molar-refractivity contribution >= 4 is 11.6 Å². The number of hydrogen-bond donors (Lipinski definition) is 2. The Balaban J connectivity index is 1.67. The summed E-state index contributed by atoms with van der Waals surface area (Å²) in [4.78, 5) is 12.7. The molecular weight excluding hydrogens is 361 g/mol. The normalized spacial score (nSPS) is 27.7. The van der Waals surface area contributed by atoms with Crippen LogP contribution < -0.4 is 20.5 Å². The van der Waals surface area contributed by atoms with Crippen molar-refractivity contribution < 1.29 is 27.4 Å². The molecule has 2 bridgehead atoms. The number of methoxy groups -OCH3 is 1. The summed E-state index contributed by atoms with van der Waals surface area (Å²) in [5, 5.41) is 2.81. The van der Waals surface area contributed by atoms with Crippen LogP contribution in [0.25, 0.3) is 0 Å². The second kappa shape index (κ2) is 7.96. The molecule has 2 atom stereocenters. The third-order valence-corrected chi connectivity index (χ3v) is 5.61. The zero-order valence-electron chi connectivity index (χ0n) is 15.2. The molecule has 150 valence electrons. The quantitative estimate of drug-likeness (QED) is 0.809. The molecule has 2 unspecified atom stereocenters.